The molecular weight excluding hydrogens is 156 g/mol. The molecule has 4 heteroatoms. The van der Waals surface area contributed by atoms with Crippen LogP contribution in [0.2, 0.25) is 0 Å². The number of halogens is 1. The Morgan fingerprint density at radius 2 is 2.30 bits per heavy atom. The van der Waals surface area contributed by atoms with Crippen molar-refractivity contribution >= 4 is 17.6 Å². The van der Waals surface area contributed by atoms with Crippen molar-refractivity contribution in [3.8, 4) is 0 Å². The van der Waals surface area contributed by atoms with E-state index in [1.165, 1.54) is 6.92 Å². The Morgan fingerprint density at radius 3 is 2.40 bits per heavy atom. The van der Waals surface area contributed by atoms with Gasteiger partial charge in [0.1, 0.15) is 0 Å². The number of aliphatic carboxylic acids is 1. The first-order valence-electron chi connectivity index (χ1n) is 2.78. The van der Waals surface area contributed by atoms with Gasteiger partial charge in [-0.3, -0.25) is 0 Å². The molecule has 2 N–H and O–H groups in total. The van der Waals surface area contributed by atoms with Crippen LogP contribution in [0.3, 0.4) is 0 Å². The summed E-state index contributed by atoms with van der Waals surface area (Å²) in [5, 5.41) is 17.1. The number of carbonyl (C=O) groups is 1. The van der Waals surface area contributed by atoms with Gasteiger partial charge >= 0.3 is 5.97 Å². The van der Waals surface area contributed by atoms with Crippen molar-refractivity contribution in [3.63, 3.8) is 0 Å². The number of aliphatic hydroxyl groups excluding tert-OH is 1. The van der Waals surface area contributed by atoms with Gasteiger partial charge < -0.3 is 10.2 Å². The van der Waals surface area contributed by atoms with Crippen LogP contribution < -0.4 is 0 Å². The third-order valence-corrected chi connectivity index (χ3v) is 1.19. The second-order valence-corrected chi connectivity index (χ2v) is 2.21. The lowest BCUT2D eigenvalue weighted by Gasteiger charge is -2.02. The Bertz CT molecular complexity index is 151. The average Bonchev–Trinajstić information content (AvgIpc) is 1.81. The summed E-state index contributed by atoms with van der Waals surface area (Å²) in [6.45, 7) is 1.50. The Labute approximate surface area is 63.9 Å². The SMILES string of the molecule is CC(O)CC(=CCl)C(=O)O. The molecule has 1 unspecified atom stereocenters. The van der Waals surface area contributed by atoms with Crippen LogP contribution in [-0.2, 0) is 4.79 Å². The van der Waals surface area contributed by atoms with E-state index in [1.54, 1.807) is 0 Å². The van der Waals surface area contributed by atoms with E-state index in [9.17, 15) is 4.79 Å². The van der Waals surface area contributed by atoms with Gasteiger partial charge in [-0.25, -0.2) is 4.79 Å². The zero-order chi connectivity index (χ0) is 8.15. The van der Waals surface area contributed by atoms with Gasteiger partial charge in [0.15, 0.2) is 0 Å². The Morgan fingerprint density at radius 1 is 1.80 bits per heavy atom. The summed E-state index contributed by atoms with van der Waals surface area (Å²) in [6, 6.07) is 0. The summed E-state index contributed by atoms with van der Waals surface area (Å²) in [7, 11) is 0. The van der Waals surface area contributed by atoms with Crippen LogP contribution in [0.1, 0.15) is 13.3 Å². The van der Waals surface area contributed by atoms with Gasteiger partial charge in [-0.05, 0) is 6.92 Å². The van der Waals surface area contributed by atoms with E-state index in [1.807, 2.05) is 0 Å². The summed E-state index contributed by atoms with van der Waals surface area (Å²) in [5.41, 5.74) is 0.992. The van der Waals surface area contributed by atoms with Crippen LogP contribution in [0.5, 0.6) is 0 Å². The molecule has 0 saturated heterocycles. The van der Waals surface area contributed by atoms with Gasteiger partial charge in [-0.2, -0.15) is 0 Å². The normalized spacial score (nSPS) is 14.9. The zero-order valence-electron chi connectivity index (χ0n) is 5.54. The maximum atomic E-state index is 10.2. The zero-order valence-corrected chi connectivity index (χ0v) is 6.30. The molecule has 0 aliphatic carbocycles. The first kappa shape index (κ1) is 9.46. The van der Waals surface area contributed by atoms with Crippen LogP contribution in [-0.4, -0.2) is 22.3 Å². The van der Waals surface area contributed by atoms with Crippen LogP contribution in [0.15, 0.2) is 11.1 Å². The van der Waals surface area contributed by atoms with Gasteiger partial charge in [-0.1, -0.05) is 11.6 Å². The van der Waals surface area contributed by atoms with Crippen molar-refractivity contribution in [2.75, 3.05) is 0 Å². The second kappa shape index (κ2) is 4.30. The molecule has 0 rings (SSSR count). The number of carboxylic acids is 1. The van der Waals surface area contributed by atoms with Crippen molar-refractivity contribution in [3.05, 3.63) is 11.1 Å². The fraction of sp³-hybridized carbons (Fsp3) is 0.500. The summed E-state index contributed by atoms with van der Waals surface area (Å²) in [6.07, 6.45) is -0.583. The highest BCUT2D eigenvalue weighted by molar-refractivity contribution is 6.27. The Kier molecular flexibility index (Phi) is 4.07. The third-order valence-electron chi connectivity index (χ3n) is 0.922. The molecule has 0 aromatic carbocycles. The van der Waals surface area contributed by atoms with Crippen LogP contribution >= 0.6 is 11.6 Å². The lowest BCUT2D eigenvalue weighted by Crippen LogP contribution is -2.08. The van der Waals surface area contributed by atoms with E-state index in [0.29, 0.717) is 0 Å². The molecule has 0 saturated carbocycles. The summed E-state index contributed by atoms with van der Waals surface area (Å²) in [5.74, 6) is -1.09. The molecule has 0 aromatic rings. The van der Waals surface area contributed by atoms with Gasteiger partial charge in [0.05, 0.1) is 11.7 Å². The number of carboxylic acid groups (broad SMARTS) is 1. The maximum absolute atomic E-state index is 10.2. The Hall–Kier alpha value is -0.540. The maximum Gasteiger partial charge on any atom is 0.332 e. The predicted octanol–water partition coefficient (Wildman–Crippen LogP) is 0.965. The Balaban J connectivity index is 3.99. The lowest BCUT2D eigenvalue weighted by atomic mass is 10.1. The standard InChI is InChI=1S/C6H9ClO3/c1-4(8)2-5(3-7)6(9)10/h3-4,8H,2H2,1H3,(H,9,10). The molecule has 1 atom stereocenters. The smallest absolute Gasteiger partial charge is 0.332 e. The topological polar surface area (TPSA) is 57.5 Å². The second-order valence-electron chi connectivity index (χ2n) is 1.99. The summed E-state index contributed by atoms with van der Waals surface area (Å²) >= 11 is 5.15. The highest BCUT2D eigenvalue weighted by atomic mass is 35.5. The molecule has 0 spiro atoms. The van der Waals surface area contributed by atoms with Gasteiger partial charge in [0.2, 0.25) is 0 Å². The van der Waals surface area contributed by atoms with Crippen LogP contribution in [0, 0.1) is 0 Å². The first-order chi connectivity index (χ1) is 4.57. The predicted molar refractivity (Wildman–Crippen MR) is 37.9 cm³/mol. The number of hydrogen-bond donors (Lipinski definition) is 2. The van der Waals surface area contributed by atoms with Crippen molar-refractivity contribution in [1.82, 2.24) is 0 Å². The quantitative estimate of drug-likeness (QED) is 0.611. The first-order valence-corrected chi connectivity index (χ1v) is 3.22. The largest absolute Gasteiger partial charge is 0.478 e. The molecule has 0 bridgehead atoms. The molecule has 0 fully saturated rings. The number of aliphatic hydroxyl groups is 1. The molecule has 0 aliphatic heterocycles. The van der Waals surface area contributed by atoms with Gasteiger partial charge in [0.25, 0.3) is 0 Å². The van der Waals surface area contributed by atoms with E-state index in [2.05, 4.69) is 0 Å². The van der Waals surface area contributed by atoms with E-state index in [-0.39, 0.29) is 12.0 Å². The van der Waals surface area contributed by atoms with Crippen LogP contribution in [0.4, 0.5) is 0 Å². The van der Waals surface area contributed by atoms with Crippen molar-refractivity contribution < 1.29 is 15.0 Å². The van der Waals surface area contributed by atoms with Crippen molar-refractivity contribution in [2.45, 2.75) is 19.4 Å². The molecule has 0 heterocycles. The molecule has 0 aromatic heterocycles. The lowest BCUT2D eigenvalue weighted by molar-refractivity contribution is -0.133. The minimum atomic E-state index is -1.09. The number of rotatable bonds is 3. The third kappa shape index (κ3) is 3.48. The van der Waals surface area contributed by atoms with E-state index >= 15 is 0 Å². The highest BCUT2D eigenvalue weighted by Crippen LogP contribution is 2.06. The van der Waals surface area contributed by atoms with Crippen molar-refractivity contribution in [1.29, 1.82) is 0 Å². The molecule has 0 amide bonds. The van der Waals surface area contributed by atoms with E-state index < -0.39 is 12.1 Å². The summed E-state index contributed by atoms with van der Waals surface area (Å²) < 4.78 is 0. The molecule has 3 nitrogen and oxygen atoms in total. The van der Waals surface area contributed by atoms with Gasteiger partial charge in [0, 0.05) is 12.0 Å². The highest BCUT2D eigenvalue weighted by Gasteiger charge is 2.08. The molecular formula is C6H9ClO3. The monoisotopic (exact) mass is 164 g/mol. The molecule has 10 heavy (non-hydrogen) atoms. The number of hydrogen-bond acceptors (Lipinski definition) is 2. The fourth-order valence-corrected chi connectivity index (χ4v) is 0.679. The minimum absolute atomic E-state index is 0.0247. The molecule has 0 aliphatic rings. The average molecular weight is 165 g/mol. The minimum Gasteiger partial charge on any atom is -0.478 e. The van der Waals surface area contributed by atoms with E-state index in [0.717, 1.165) is 5.54 Å². The molecule has 0 radical (unpaired) electrons. The van der Waals surface area contributed by atoms with E-state index in [4.69, 9.17) is 21.8 Å². The summed E-state index contributed by atoms with van der Waals surface area (Å²) in [4.78, 5) is 10.2. The van der Waals surface area contributed by atoms with Crippen LogP contribution in [0.25, 0.3) is 0 Å². The van der Waals surface area contributed by atoms with Gasteiger partial charge in [-0.15, -0.1) is 0 Å². The fourth-order valence-electron chi connectivity index (χ4n) is 0.497. The molecule has 58 valence electrons. The van der Waals surface area contributed by atoms with Crippen molar-refractivity contribution in [2.24, 2.45) is 0 Å².